The highest BCUT2D eigenvalue weighted by molar-refractivity contribution is 5.20. The lowest BCUT2D eigenvalue weighted by atomic mass is 9.68. The number of nitrogens with zero attached hydrogens (tertiary/aromatic N) is 1. The third-order valence-electron chi connectivity index (χ3n) is 4.55. The Morgan fingerprint density at radius 3 is 2.89 bits per heavy atom. The SMILES string of the molecule is NCCC1(c2ccccn2)CCOC2(CCOC2)C1. The van der Waals surface area contributed by atoms with Gasteiger partial charge in [-0.2, -0.15) is 0 Å². The first kappa shape index (κ1) is 13.0. The van der Waals surface area contributed by atoms with Gasteiger partial charge in [0.05, 0.1) is 12.2 Å². The number of pyridine rings is 1. The van der Waals surface area contributed by atoms with E-state index in [4.69, 9.17) is 15.2 Å². The minimum absolute atomic E-state index is 0.0575. The van der Waals surface area contributed by atoms with Crippen molar-refractivity contribution in [2.75, 3.05) is 26.4 Å². The van der Waals surface area contributed by atoms with Crippen molar-refractivity contribution in [3.05, 3.63) is 30.1 Å². The molecule has 0 aliphatic carbocycles. The second kappa shape index (κ2) is 5.19. The molecule has 4 heteroatoms. The lowest BCUT2D eigenvalue weighted by Crippen LogP contribution is -2.49. The molecule has 2 fully saturated rings. The molecule has 0 bridgehead atoms. The molecule has 19 heavy (non-hydrogen) atoms. The second-order valence-electron chi connectivity index (χ2n) is 5.79. The van der Waals surface area contributed by atoms with E-state index in [9.17, 15) is 0 Å². The van der Waals surface area contributed by atoms with Gasteiger partial charge in [-0.05, 0) is 37.9 Å². The van der Waals surface area contributed by atoms with E-state index in [0.29, 0.717) is 13.2 Å². The van der Waals surface area contributed by atoms with E-state index in [1.54, 1.807) is 0 Å². The van der Waals surface area contributed by atoms with E-state index in [0.717, 1.165) is 44.6 Å². The highest BCUT2D eigenvalue weighted by Gasteiger charge is 2.48. The van der Waals surface area contributed by atoms with Crippen LogP contribution in [0.15, 0.2) is 24.4 Å². The summed E-state index contributed by atoms with van der Waals surface area (Å²) in [6.07, 6.45) is 5.82. The number of ether oxygens (including phenoxy) is 2. The maximum atomic E-state index is 6.06. The molecule has 0 radical (unpaired) electrons. The van der Waals surface area contributed by atoms with Crippen LogP contribution in [0.2, 0.25) is 0 Å². The summed E-state index contributed by atoms with van der Waals surface area (Å²) in [5.74, 6) is 0. The van der Waals surface area contributed by atoms with Gasteiger partial charge in [-0.1, -0.05) is 6.07 Å². The molecule has 2 aliphatic rings. The smallest absolute Gasteiger partial charge is 0.0945 e. The average Bonchev–Trinajstić information content (AvgIpc) is 2.88. The second-order valence-corrected chi connectivity index (χ2v) is 5.79. The predicted octanol–water partition coefficient (Wildman–Crippen LogP) is 1.64. The molecule has 0 amide bonds. The Morgan fingerprint density at radius 1 is 1.26 bits per heavy atom. The van der Waals surface area contributed by atoms with Gasteiger partial charge in [-0.15, -0.1) is 0 Å². The zero-order chi connectivity index (χ0) is 13.2. The van der Waals surface area contributed by atoms with Crippen LogP contribution in [0.3, 0.4) is 0 Å². The molecule has 104 valence electrons. The molecule has 2 saturated heterocycles. The lowest BCUT2D eigenvalue weighted by Gasteiger charge is -2.45. The normalized spacial score (nSPS) is 34.8. The third-order valence-corrected chi connectivity index (χ3v) is 4.55. The van der Waals surface area contributed by atoms with E-state index in [-0.39, 0.29) is 11.0 Å². The topological polar surface area (TPSA) is 57.4 Å². The van der Waals surface area contributed by atoms with E-state index < -0.39 is 0 Å². The first-order valence-electron chi connectivity index (χ1n) is 7.12. The van der Waals surface area contributed by atoms with Gasteiger partial charge in [0, 0.05) is 36.9 Å². The van der Waals surface area contributed by atoms with Gasteiger partial charge in [0.1, 0.15) is 0 Å². The van der Waals surface area contributed by atoms with Crippen LogP contribution in [0.1, 0.15) is 31.4 Å². The molecule has 2 atom stereocenters. The van der Waals surface area contributed by atoms with Crippen LogP contribution >= 0.6 is 0 Å². The molecular weight excluding hydrogens is 240 g/mol. The zero-order valence-corrected chi connectivity index (χ0v) is 11.3. The maximum absolute atomic E-state index is 6.06. The van der Waals surface area contributed by atoms with Crippen molar-refractivity contribution in [1.29, 1.82) is 0 Å². The first-order chi connectivity index (χ1) is 9.29. The van der Waals surface area contributed by atoms with Crippen molar-refractivity contribution in [3.8, 4) is 0 Å². The molecule has 3 heterocycles. The number of aromatic nitrogens is 1. The van der Waals surface area contributed by atoms with Crippen LogP contribution in [0, 0.1) is 0 Å². The largest absolute Gasteiger partial charge is 0.378 e. The highest BCUT2D eigenvalue weighted by atomic mass is 16.6. The summed E-state index contributed by atoms with van der Waals surface area (Å²) in [4.78, 5) is 4.60. The Hall–Kier alpha value is -0.970. The Kier molecular flexibility index (Phi) is 3.56. The van der Waals surface area contributed by atoms with Gasteiger partial charge in [0.15, 0.2) is 0 Å². The summed E-state index contributed by atoms with van der Waals surface area (Å²) in [5, 5.41) is 0. The van der Waals surface area contributed by atoms with Gasteiger partial charge in [-0.3, -0.25) is 4.98 Å². The van der Waals surface area contributed by atoms with Crippen LogP contribution in [-0.2, 0) is 14.9 Å². The summed E-state index contributed by atoms with van der Waals surface area (Å²) in [6, 6.07) is 6.16. The first-order valence-corrected chi connectivity index (χ1v) is 7.12. The van der Waals surface area contributed by atoms with Gasteiger partial charge in [0.2, 0.25) is 0 Å². The number of rotatable bonds is 3. The van der Waals surface area contributed by atoms with Gasteiger partial charge < -0.3 is 15.2 Å². The van der Waals surface area contributed by atoms with Crippen LogP contribution in [-0.4, -0.2) is 37.0 Å². The molecule has 1 spiro atoms. The molecule has 4 nitrogen and oxygen atoms in total. The number of hydrogen-bond acceptors (Lipinski definition) is 4. The van der Waals surface area contributed by atoms with Crippen LogP contribution in [0.25, 0.3) is 0 Å². The van der Waals surface area contributed by atoms with E-state index in [1.807, 2.05) is 12.3 Å². The zero-order valence-electron chi connectivity index (χ0n) is 11.3. The van der Waals surface area contributed by atoms with Gasteiger partial charge >= 0.3 is 0 Å². The van der Waals surface area contributed by atoms with Crippen molar-refractivity contribution in [2.24, 2.45) is 5.73 Å². The van der Waals surface area contributed by atoms with Crippen molar-refractivity contribution < 1.29 is 9.47 Å². The van der Waals surface area contributed by atoms with Crippen LogP contribution in [0.4, 0.5) is 0 Å². The van der Waals surface area contributed by atoms with Crippen molar-refractivity contribution in [2.45, 2.75) is 36.7 Å². The Bertz CT molecular complexity index is 413. The minimum Gasteiger partial charge on any atom is -0.378 e. The Labute approximate surface area is 114 Å². The minimum atomic E-state index is -0.106. The molecule has 0 saturated carbocycles. The maximum Gasteiger partial charge on any atom is 0.0945 e. The van der Waals surface area contributed by atoms with Crippen LogP contribution in [0.5, 0.6) is 0 Å². The predicted molar refractivity (Wildman–Crippen MR) is 72.9 cm³/mol. The molecule has 2 unspecified atom stereocenters. The molecule has 1 aromatic rings. The standard InChI is InChI=1S/C15H22N2O2/c16-7-4-14(13-3-1-2-8-17-13)5-10-19-15(11-14)6-9-18-12-15/h1-3,8H,4-7,9-12,16H2. The Balaban J connectivity index is 1.92. The fourth-order valence-electron chi connectivity index (χ4n) is 3.57. The molecule has 0 aromatic carbocycles. The van der Waals surface area contributed by atoms with E-state index in [1.165, 1.54) is 0 Å². The summed E-state index contributed by atoms with van der Waals surface area (Å²) in [5.41, 5.74) is 6.98. The van der Waals surface area contributed by atoms with Gasteiger partial charge in [0.25, 0.3) is 0 Å². The third kappa shape index (κ3) is 2.40. The highest BCUT2D eigenvalue weighted by Crippen LogP contribution is 2.46. The van der Waals surface area contributed by atoms with E-state index in [2.05, 4.69) is 17.1 Å². The van der Waals surface area contributed by atoms with Crippen molar-refractivity contribution >= 4 is 0 Å². The quantitative estimate of drug-likeness (QED) is 0.899. The molecule has 2 aliphatic heterocycles. The summed E-state index contributed by atoms with van der Waals surface area (Å²) in [6.45, 7) is 2.99. The Morgan fingerprint density at radius 2 is 2.21 bits per heavy atom. The molecule has 2 N–H and O–H groups in total. The lowest BCUT2D eigenvalue weighted by molar-refractivity contribution is -0.108. The molecular formula is C15H22N2O2. The summed E-state index contributed by atoms with van der Waals surface area (Å²) >= 11 is 0. The number of nitrogens with two attached hydrogens (primary N) is 1. The van der Waals surface area contributed by atoms with E-state index >= 15 is 0 Å². The fourth-order valence-corrected chi connectivity index (χ4v) is 3.57. The monoisotopic (exact) mass is 262 g/mol. The van der Waals surface area contributed by atoms with Gasteiger partial charge in [-0.25, -0.2) is 0 Å². The number of hydrogen-bond donors (Lipinski definition) is 1. The molecule has 1 aromatic heterocycles. The van der Waals surface area contributed by atoms with Crippen molar-refractivity contribution in [1.82, 2.24) is 4.98 Å². The van der Waals surface area contributed by atoms with Crippen molar-refractivity contribution in [3.63, 3.8) is 0 Å². The van der Waals surface area contributed by atoms with Crippen LogP contribution < -0.4 is 5.73 Å². The summed E-state index contributed by atoms with van der Waals surface area (Å²) < 4.78 is 11.6. The average molecular weight is 262 g/mol. The summed E-state index contributed by atoms with van der Waals surface area (Å²) in [7, 11) is 0. The fraction of sp³-hybridized carbons (Fsp3) is 0.667. The molecule has 3 rings (SSSR count).